The lowest BCUT2D eigenvalue weighted by molar-refractivity contribution is 0.282. The van der Waals surface area contributed by atoms with Crippen LogP contribution in [0, 0.1) is 0 Å². The number of aromatic hydroxyl groups is 1. The highest BCUT2D eigenvalue weighted by Crippen LogP contribution is 2.43. The molecule has 6 N–H and O–H groups in total. The van der Waals surface area contributed by atoms with Crippen molar-refractivity contribution in [2.24, 2.45) is 20.5 Å². The van der Waals surface area contributed by atoms with Gasteiger partial charge in [0.05, 0.1) is 51.3 Å². The summed E-state index contributed by atoms with van der Waals surface area (Å²) in [5.74, 6) is -2.21. The molecule has 4 aromatic carbocycles. The van der Waals surface area contributed by atoms with E-state index in [2.05, 4.69) is 28.8 Å². The summed E-state index contributed by atoms with van der Waals surface area (Å²) in [5, 5.41) is 27.0. The average Bonchev–Trinajstić information content (AvgIpc) is 3.02. The number of nitrogens with zero attached hydrogens (tertiary/aromatic N) is 4. The molecule has 0 fully saturated rings. The van der Waals surface area contributed by atoms with Gasteiger partial charge in [-0.2, -0.15) is 30.4 Å². The van der Waals surface area contributed by atoms with Crippen molar-refractivity contribution in [1.82, 2.24) is 0 Å². The first-order chi connectivity index (χ1) is 24.0. The Labute approximate surface area is 295 Å². The number of benzene rings is 4. The molecule has 0 saturated carbocycles. The Morgan fingerprint density at radius 2 is 1.04 bits per heavy atom. The van der Waals surface area contributed by atoms with Crippen molar-refractivity contribution in [2.45, 2.75) is 14.7 Å². The van der Waals surface area contributed by atoms with Crippen LogP contribution in [-0.4, -0.2) is 85.6 Å². The monoisotopic (exact) mass is 823 g/mol. The number of fused-ring (bicyclic) bond motifs is 1. The predicted octanol–water partition coefficient (Wildman–Crippen LogP) is 3.39. The SMILES string of the molecule is Nc1c(N=Nc2ccc(S(=O)(=O)CCOS(=O)(=O)O)cc2S(=O)(=O)O)ccc2ccc(N=Nc3ccc(S(=O)(=O)CCOS(=O)(=O)O)cc3)c(O)c12. The van der Waals surface area contributed by atoms with Crippen LogP contribution in [0.25, 0.3) is 10.8 Å². The molecule has 26 heteroatoms. The molecule has 4 rings (SSSR count). The van der Waals surface area contributed by atoms with Gasteiger partial charge in [0.2, 0.25) is 0 Å². The molecule has 0 saturated heterocycles. The highest BCUT2D eigenvalue weighted by atomic mass is 32.3. The summed E-state index contributed by atoms with van der Waals surface area (Å²) in [4.78, 5) is -1.86. The lowest BCUT2D eigenvalue weighted by atomic mass is 10.1. The highest BCUT2D eigenvalue weighted by molar-refractivity contribution is 7.92. The second kappa shape index (κ2) is 15.2. The number of rotatable bonds is 15. The number of sulfone groups is 2. The minimum absolute atomic E-state index is 0.0185. The van der Waals surface area contributed by atoms with E-state index >= 15 is 0 Å². The Morgan fingerprint density at radius 1 is 0.577 bits per heavy atom. The van der Waals surface area contributed by atoms with Gasteiger partial charge in [-0.05, 0) is 60.0 Å². The number of azo groups is 2. The highest BCUT2D eigenvalue weighted by Gasteiger charge is 2.23. The van der Waals surface area contributed by atoms with Crippen LogP contribution in [0.15, 0.2) is 102 Å². The molecule has 0 heterocycles. The molecule has 0 atom stereocenters. The first kappa shape index (κ1) is 40.3. The first-order valence-corrected chi connectivity index (χ1v) is 21.2. The summed E-state index contributed by atoms with van der Waals surface area (Å²) >= 11 is 0. The first-order valence-electron chi connectivity index (χ1n) is 13.8. The van der Waals surface area contributed by atoms with Crippen molar-refractivity contribution < 1.29 is 69.2 Å². The number of hydrogen-bond donors (Lipinski definition) is 5. The molecule has 0 spiro atoms. The molecule has 0 aromatic heterocycles. The van der Waals surface area contributed by atoms with Crippen molar-refractivity contribution in [3.63, 3.8) is 0 Å². The van der Waals surface area contributed by atoms with E-state index in [1.165, 1.54) is 36.4 Å². The van der Waals surface area contributed by atoms with Crippen LogP contribution in [0.2, 0.25) is 0 Å². The van der Waals surface area contributed by atoms with E-state index in [0.717, 1.165) is 24.3 Å². The number of nitrogens with two attached hydrogens (primary N) is 1. The molecule has 0 aliphatic rings. The van der Waals surface area contributed by atoms with Gasteiger partial charge >= 0.3 is 20.8 Å². The van der Waals surface area contributed by atoms with Gasteiger partial charge in [-0.3, -0.25) is 13.7 Å². The Bertz CT molecular complexity index is 2650. The zero-order chi connectivity index (χ0) is 38.7. The molecule has 0 amide bonds. The van der Waals surface area contributed by atoms with Crippen LogP contribution in [0.5, 0.6) is 5.75 Å². The predicted molar refractivity (Wildman–Crippen MR) is 180 cm³/mol. The van der Waals surface area contributed by atoms with E-state index in [4.69, 9.17) is 14.8 Å². The second-order valence-corrected chi connectivity index (χ2v) is 18.0. The molecule has 21 nitrogen and oxygen atoms in total. The molecular formula is C26H25N5O16S5. The summed E-state index contributed by atoms with van der Waals surface area (Å²) in [7, 11) is -23.3. The van der Waals surface area contributed by atoms with E-state index in [9.17, 15) is 51.7 Å². The maximum absolute atomic E-state index is 12.6. The quantitative estimate of drug-likeness (QED) is 0.0651. The third-order valence-electron chi connectivity index (χ3n) is 6.63. The standard InChI is InChI=1S/C26H25N5O16S5/c27-25-21(30-29-20-10-7-19(15-23(20)50(37,38)39)49(35,36)14-12-47-52(43,44)45)8-1-16-2-9-22(26(32)24(16)25)31-28-17-3-5-18(6-4-17)48(33,34)13-11-46-51(40,41)42/h1-10,15,32H,11-14,27H2,(H,37,38,39)(H,40,41,42)(H,43,44,45). The smallest absolute Gasteiger partial charge is 0.397 e. The van der Waals surface area contributed by atoms with Crippen LogP contribution in [0.1, 0.15) is 0 Å². The van der Waals surface area contributed by atoms with Gasteiger partial charge in [-0.1, -0.05) is 12.1 Å². The van der Waals surface area contributed by atoms with Gasteiger partial charge in [-0.15, -0.1) is 15.3 Å². The van der Waals surface area contributed by atoms with Gasteiger partial charge < -0.3 is 10.8 Å². The average molecular weight is 824 g/mol. The van der Waals surface area contributed by atoms with Crippen molar-refractivity contribution in [3.8, 4) is 5.75 Å². The van der Waals surface area contributed by atoms with Crippen molar-refractivity contribution in [1.29, 1.82) is 0 Å². The minimum atomic E-state index is -5.11. The zero-order valence-corrected chi connectivity index (χ0v) is 29.9. The minimum Gasteiger partial charge on any atom is -0.505 e. The van der Waals surface area contributed by atoms with Crippen molar-refractivity contribution >= 4 is 89.8 Å². The summed E-state index contributed by atoms with van der Waals surface area (Å²) in [5.41, 5.74) is 5.46. The number of anilines is 1. The van der Waals surface area contributed by atoms with E-state index in [1.54, 1.807) is 0 Å². The van der Waals surface area contributed by atoms with Crippen LogP contribution >= 0.6 is 0 Å². The maximum atomic E-state index is 12.6. The van der Waals surface area contributed by atoms with E-state index in [-0.39, 0.29) is 33.0 Å². The summed E-state index contributed by atoms with van der Waals surface area (Å²) in [6.07, 6.45) is 0. The summed E-state index contributed by atoms with van der Waals surface area (Å²) in [6, 6.07) is 12.9. The summed E-state index contributed by atoms with van der Waals surface area (Å²) < 4.78 is 152. The van der Waals surface area contributed by atoms with Gasteiger partial charge in [0, 0.05) is 0 Å². The fourth-order valence-electron chi connectivity index (χ4n) is 4.22. The molecule has 0 radical (unpaired) electrons. The molecule has 0 aliphatic carbocycles. The lowest BCUT2D eigenvalue weighted by Crippen LogP contribution is -2.16. The van der Waals surface area contributed by atoms with Gasteiger partial charge in [-0.25, -0.2) is 25.2 Å². The van der Waals surface area contributed by atoms with Gasteiger partial charge in [0.15, 0.2) is 25.4 Å². The number of phenolic OH excluding ortho intramolecular Hbond substituents is 1. The third kappa shape index (κ3) is 10.5. The Kier molecular flexibility index (Phi) is 11.8. The Balaban J connectivity index is 1.60. The Hall–Kier alpha value is -4.51. The fourth-order valence-corrected chi connectivity index (χ4v) is 7.95. The molecular weight excluding hydrogens is 799 g/mol. The number of hydrogen-bond acceptors (Lipinski definition) is 18. The Morgan fingerprint density at radius 3 is 1.58 bits per heavy atom. The van der Waals surface area contributed by atoms with Crippen LogP contribution in [-0.2, 0) is 59.0 Å². The largest absolute Gasteiger partial charge is 0.505 e. The molecule has 0 unspecified atom stereocenters. The fraction of sp³-hybridized carbons (Fsp3) is 0.154. The molecule has 52 heavy (non-hydrogen) atoms. The summed E-state index contributed by atoms with van der Waals surface area (Å²) in [6.45, 7) is -1.81. The van der Waals surface area contributed by atoms with Crippen LogP contribution < -0.4 is 5.73 Å². The van der Waals surface area contributed by atoms with Gasteiger partial charge in [0.25, 0.3) is 10.1 Å². The lowest BCUT2D eigenvalue weighted by Gasteiger charge is -2.09. The van der Waals surface area contributed by atoms with Crippen LogP contribution in [0.3, 0.4) is 0 Å². The molecule has 4 aromatic rings. The number of nitrogen functional groups attached to an aromatic ring is 1. The second-order valence-electron chi connectivity index (χ2n) is 10.2. The topological polar surface area (TPSA) is 346 Å². The third-order valence-corrected chi connectivity index (χ3v) is 11.8. The molecule has 280 valence electrons. The molecule has 0 bridgehead atoms. The van der Waals surface area contributed by atoms with Gasteiger partial charge in [0.1, 0.15) is 22.0 Å². The van der Waals surface area contributed by atoms with E-state index in [0.29, 0.717) is 11.5 Å². The van der Waals surface area contributed by atoms with Crippen LogP contribution in [0.4, 0.5) is 28.4 Å². The van der Waals surface area contributed by atoms with E-state index < -0.39 is 96.5 Å². The number of phenols is 1. The van der Waals surface area contributed by atoms with Crippen molar-refractivity contribution in [2.75, 3.05) is 30.5 Å². The van der Waals surface area contributed by atoms with E-state index in [1.807, 2.05) is 0 Å². The normalized spacial score (nSPS) is 13.4. The maximum Gasteiger partial charge on any atom is 0.397 e. The van der Waals surface area contributed by atoms with Crippen molar-refractivity contribution in [3.05, 3.63) is 66.7 Å². The zero-order valence-electron chi connectivity index (χ0n) is 25.8. The molecule has 0 aliphatic heterocycles.